The number of benzene rings is 1. The highest BCUT2D eigenvalue weighted by molar-refractivity contribution is 5.87. The molecule has 2 heterocycles. The van der Waals surface area contributed by atoms with Crippen LogP contribution in [0.4, 0.5) is 11.5 Å². The van der Waals surface area contributed by atoms with E-state index in [0.717, 1.165) is 49.7 Å². The Kier molecular flexibility index (Phi) is 8.33. The minimum Gasteiger partial charge on any atom is -0.491 e. The number of rotatable bonds is 9. The summed E-state index contributed by atoms with van der Waals surface area (Å²) >= 11 is 0. The third kappa shape index (κ3) is 7.71. The van der Waals surface area contributed by atoms with Gasteiger partial charge in [0, 0.05) is 38.7 Å². The van der Waals surface area contributed by atoms with Gasteiger partial charge in [0.05, 0.1) is 24.1 Å². The van der Waals surface area contributed by atoms with E-state index < -0.39 is 0 Å². The predicted molar refractivity (Wildman–Crippen MR) is 128 cm³/mol. The molecule has 7 heteroatoms. The molecule has 1 fully saturated rings. The van der Waals surface area contributed by atoms with Gasteiger partial charge in [0.15, 0.2) is 0 Å². The van der Waals surface area contributed by atoms with Crippen LogP contribution in [0.5, 0.6) is 11.5 Å². The number of nitrogens with zero attached hydrogens (tertiary/aromatic N) is 2. The van der Waals surface area contributed by atoms with Crippen molar-refractivity contribution < 1.29 is 14.3 Å². The van der Waals surface area contributed by atoms with Gasteiger partial charge in [-0.25, -0.2) is 4.98 Å². The second-order valence-electron chi connectivity index (χ2n) is 8.95. The lowest BCUT2D eigenvalue weighted by Crippen LogP contribution is -2.38. The first-order chi connectivity index (χ1) is 15.3. The average Bonchev–Trinajstić information content (AvgIpc) is 2.69. The van der Waals surface area contributed by atoms with Gasteiger partial charge in [-0.15, -0.1) is 0 Å². The van der Waals surface area contributed by atoms with E-state index >= 15 is 0 Å². The lowest BCUT2D eigenvalue weighted by atomic mass is 10.0. The molecule has 0 radical (unpaired) electrons. The Hall–Kier alpha value is -2.80. The third-order valence-corrected chi connectivity index (χ3v) is 5.12. The van der Waals surface area contributed by atoms with Gasteiger partial charge in [-0.3, -0.25) is 9.69 Å². The number of piperidine rings is 1. The van der Waals surface area contributed by atoms with Crippen molar-refractivity contribution >= 4 is 17.4 Å². The van der Waals surface area contributed by atoms with Gasteiger partial charge >= 0.3 is 0 Å². The number of hydrogen-bond acceptors (Lipinski definition) is 6. The van der Waals surface area contributed by atoms with E-state index in [1.165, 1.54) is 12.5 Å². The van der Waals surface area contributed by atoms with Crippen molar-refractivity contribution in [3.63, 3.8) is 0 Å². The number of aromatic nitrogens is 1. The first-order valence-corrected chi connectivity index (χ1v) is 11.5. The Morgan fingerprint density at radius 3 is 2.19 bits per heavy atom. The zero-order valence-electron chi connectivity index (χ0n) is 19.9. The lowest BCUT2D eigenvalue weighted by Gasteiger charge is -2.33. The maximum absolute atomic E-state index is 11.1. The summed E-state index contributed by atoms with van der Waals surface area (Å²) in [6.45, 7) is 12.5. The molecule has 1 aromatic carbocycles. The number of ether oxygens (including phenoxy) is 2. The van der Waals surface area contributed by atoms with Crippen molar-refractivity contribution in [1.29, 1.82) is 0 Å². The number of pyridine rings is 1. The molecule has 7 nitrogen and oxygen atoms in total. The van der Waals surface area contributed by atoms with Gasteiger partial charge < -0.3 is 20.1 Å². The molecule has 174 valence electrons. The van der Waals surface area contributed by atoms with Crippen molar-refractivity contribution in [2.75, 3.05) is 23.7 Å². The van der Waals surface area contributed by atoms with Crippen molar-refractivity contribution in [2.45, 2.75) is 72.3 Å². The highest BCUT2D eigenvalue weighted by Gasteiger charge is 2.20. The third-order valence-electron chi connectivity index (χ3n) is 5.12. The second-order valence-corrected chi connectivity index (χ2v) is 8.95. The Labute approximate surface area is 191 Å². The highest BCUT2D eigenvalue weighted by atomic mass is 16.5. The summed E-state index contributed by atoms with van der Waals surface area (Å²) in [5.41, 5.74) is 2.19. The monoisotopic (exact) mass is 440 g/mol. The van der Waals surface area contributed by atoms with Gasteiger partial charge in [-0.2, -0.15) is 0 Å². The molecule has 3 rings (SSSR count). The molecule has 0 spiro atoms. The molecule has 2 aromatic rings. The highest BCUT2D eigenvalue weighted by Crippen LogP contribution is 2.27. The van der Waals surface area contributed by atoms with Crippen LogP contribution in [0.15, 0.2) is 36.5 Å². The molecule has 0 aliphatic carbocycles. The number of likely N-dealkylation sites (tertiary alicyclic amines) is 1. The molecule has 1 aliphatic heterocycles. The van der Waals surface area contributed by atoms with Crippen LogP contribution in [0.2, 0.25) is 0 Å². The van der Waals surface area contributed by atoms with Crippen LogP contribution < -0.4 is 20.1 Å². The van der Waals surface area contributed by atoms with Gasteiger partial charge in [-0.1, -0.05) is 0 Å². The maximum atomic E-state index is 11.1. The fraction of sp³-hybridized carbons (Fsp3) is 0.520. The van der Waals surface area contributed by atoms with Gasteiger partial charge in [-0.05, 0) is 70.4 Å². The quantitative estimate of drug-likeness (QED) is 0.589. The van der Waals surface area contributed by atoms with Gasteiger partial charge in [0.2, 0.25) is 5.91 Å². The van der Waals surface area contributed by atoms with Crippen molar-refractivity contribution in [3.05, 3.63) is 42.1 Å². The number of nitrogens with one attached hydrogen (secondary N) is 2. The molecular formula is C25H36N4O3. The SMILES string of the molecule is CC(=O)Nc1ccc(NC2CCN(Cc3cc(OC(C)C)cc(OC(C)C)c3)CC2)cn1. The average molecular weight is 441 g/mol. The van der Waals surface area contributed by atoms with Crippen LogP contribution in [-0.2, 0) is 11.3 Å². The number of amides is 1. The van der Waals surface area contributed by atoms with E-state index in [0.29, 0.717) is 11.9 Å². The minimum absolute atomic E-state index is 0.116. The van der Waals surface area contributed by atoms with Crippen molar-refractivity contribution in [1.82, 2.24) is 9.88 Å². The Morgan fingerprint density at radius 2 is 1.69 bits per heavy atom. The lowest BCUT2D eigenvalue weighted by molar-refractivity contribution is -0.114. The molecule has 1 amide bonds. The Morgan fingerprint density at radius 1 is 1.06 bits per heavy atom. The van der Waals surface area contributed by atoms with Crippen molar-refractivity contribution in [2.24, 2.45) is 0 Å². The standard InChI is InChI=1S/C25H36N4O3/c1-17(2)31-23-12-20(13-24(14-23)32-18(3)4)16-29-10-8-21(9-11-29)28-22-6-7-25(26-15-22)27-19(5)30/h6-7,12-15,17-18,21,28H,8-11,16H2,1-5H3,(H,26,27,30). The van der Waals surface area contributed by atoms with E-state index in [-0.39, 0.29) is 18.1 Å². The fourth-order valence-electron chi connectivity index (χ4n) is 3.87. The first-order valence-electron chi connectivity index (χ1n) is 11.5. The molecule has 1 saturated heterocycles. The molecule has 0 saturated carbocycles. The van der Waals surface area contributed by atoms with E-state index in [9.17, 15) is 4.79 Å². The fourth-order valence-corrected chi connectivity index (χ4v) is 3.87. The molecule has 0 bridgehead atoms. The Bertz CT molecular complexity index is 847. The Balaban J connectivity index is 1.54. The van der Waals surface area contributed by atoms with Crippen LogP contribution in [0, 0.1) is 0 Å². The van der Waals surface area contributed by atoms with Crippen molar-refractivity contribution in [3.8, 4) is 11.5 Å². The molecule has 1 aliphatic rings. The number of anilines is 2. The summed E-state index contributed by atoms with van der Waals surface area (Å²) in [6, 6.07) is 10.4. The zero-order valence-corrected chi connectivity index (χ0v) is 19.9. The van der Waals surface area contributed by atoms with E-state index in [2.05, 4.69) is 32.7 Å². The first kappa shape index (κ1) is 23.9. The van der Waals surface area contributed by atoms with Crippen LogP contribution >= 0.6 is 0 Å². The molecule has 0 unspecified atom stereocenters. The molecule has 1 aromatic heterocycles. The maximum Gasteiger partial charge on any atom is 0.222 e. The molecule has 32 heavy (non-hydrogen) atoms. The van der Waals surface area contributed by atoms with E-state index in [4.69, 9.17) is 9.47 Å². The van der Waals surface area contributed by atoms with Crippen LogP contribution in [0.25, 0.3) is 0 Å². The van der Waals surface area contributed by atoms with Gasteiger partial charge in [0.1, 0.15) is 17.3 Å². The van der Waals surface area contributed by atoms with Gasteiger partial charge in [0.25, 0.3) is 0 Å². The predicted octanol–water partition coefficient (Wildman–Crippen LogP) is 4.69. The molecule has 0 atom stereocenters. The summed E-state index contributed by atoms with van der Waals surface area (Å²) in [6.07, 6.45) is 4.14. The number of carbonyl (C=O) groups is 1. The zero-order chi connectivity index (χ0) is 23.1. The van der Waals surface area contributed by atoms with Crippen LogP contribution in [0.3, 0.4) is 0 Å². The number of carbonyl (C=O) groups excluding carboxylic acids is 1. The molecular weight excluding hydrogens is 404 g/mol. The summed E-state index contributed by atoms with van der Waals surface area (Å²) in [4.78, 5) is 17.9. The summed E-state index contributed by atoms with van der Waals surface area (Å²) < 4.78 is 11.9. The smallest absolute Gasteiger partial charge is 0.222 e. The molecule has 2 N–H and O–H groups in total. The summed E-state index contributed by atoms with van der Waals surface area (Å²) in [7, 11) is 0. The van der Waals surface area contributed by atoms with E-state index in [1.54, 1.807) is 6.20 Å². The summed E-state index contributed by atoms with van der Waals surface area (Å²) in [5, 5.41) is 6.26. The minimum atomic E-state index is -0.116. The normalized spacial score (nSPS) is 15.1. The summed E-state index contributed by atoms with van der Waals surface area (Å²) in [5.74, 6) is 2.18. The topological polar surface area (TPSA) is 75.7 Å². The second kappa shape index (κ2) is 11.2. The van der Waals surface area contributed by atoms with Crippen LogP contribution in [-0.4, -0.2) is 47.1 Å². The van der Waals surface area contributed by atoms with E-state index in [1.807, 2.05) is 45.9 Å². The largest absolute Gasteiger partial charge is 0.491 e. The number of hydrogen-bond donors (Lipinski definition) is 2. The van der Waals surface area contributed by atoms with Crippen LogP contribution in [0.1, 0.15) is 53.0 Å².